The second-order valence-corrected chi connectivity index (χ2v) is 11.5. The van der Waals surface area contributed by atoms with Crippen molar-refractivity contribution >= 4 is 10.0 Å². The van der Waals surface area contributed by atoms with Crippen molar-refractivity contribution in [1.29, 1.82) is 0 Å². The van der Waals surface area contributed by atoms with Gasteiger partial charge in [0.1, 0.15) is 28.3 Å². The molecule has 7 nitrogen and oxygen atoms in total. The molecule has 3 atom stereocenters. The Hall–Kier alpha value is -3.29. The summed E-state index contributed by atoms with van der Waals surface area (Å²) < 4.78 is 48.4. The molecule has 200 valence electrons. The van der Waals surface area contributed by atoms with E-state index in [-0.39, 0.29) is 41.6 Å². The van der Waals surface area contributed by atoms with E-state index in [1.807, 2.05) is 26.1 Å². The van der Waals surface area contributed by atoms with Crippen LogP contribution in [0.4, 0.5) is 4.39 Å². The number of pyridine rings is 1. The zero-order valence-electron chi connectivity index (χ0n) is 21.7. The molecule has 0 saturated heterocycles. The average molecular weight is 538 g/mol. The Balaban J connectivity index is 1.68. The molecule has 1 aromatic heterocycles. The first kappa shape index (κ1) is 27.7. The third-order valence-corrected chi connectivity index (χ3v) is 8.54. The number of aliphatic hydroxyl groups is 1. The van der Waals surface area contributed by atoms with Gasteiger partial charge in [-0.25, -0.2) is 17.8 Å². The van der Waals surface area contributed by atoms with Gasteiger partial charge in [0, 0.05) is 43.4 Å². The summed E-state index contributed by atoms with van der Waals surface area (Å²) in [5, 5.41) is 9.84. The molecule has 0 bridgehead atoms. The zero-order valence-corrected chi connectivity index (χ0v) is 22.5. The maximum atomic E-state index is 13.7. The van der Waals surface area contributed by atoms with Crippen molar-refractivity contribution in [3.63, 3.8) is 0 Å². The lowest BCUT2D eigenvalue weighted by molar-refractivity contribution is 0.0733. The lowest BCUT2D eigenvalue weighted by Crippen LogP contribution is -2.49. The van der Waals surface area contributed by atoms with Gasteiger partial charge in [-0.1, -0.05) is 31.0 Å². The number of likely N-dealkylation sites (N-methyl/N-ethyl adjacent to an activating group) is 1. The molecule has 0 radical (unpaired) electrons. The number of hydrogen-bond donors (Lipinski definition) is 1. The minimum Gasteiger partial charge on any atom is -0.487 e. The molecule has 0 unspecified atom stereocenters. The quantitative estimate of drug-likeness (QED) is 0.485. The fourth-order valence-electron chi connectivity index (χ4n) is 4.37. The molecular weight excluding hydrogens is 505 g/mol. The third-order valence-electron chi connectivity index (χ3n) is 6.52. The second kappa shape index (κ2) is 12.0. The maximum absolute atomic E-state index is 13.7. The number of fused-ring (bicyclic) bond motifs is 1. The van der Waals surface area contributed by atoms with Crippen LogP contribution in [-0.2, 0) is 16.6 Å². The number of hydrogen-bond acceptors (Lipinski definition) is 6. The summed E-state index contributed by atoms with van der Waals surface area (Å²) in [5.41, 5.74) is 2.15. The lowest BCUT2D eigenvalue weighted by atomic mass is 10.0. The van der Waals surface area contributed by atoms with Crippen LogP contribution in [-0.4, -0.2) is 66.6 Å². The van der Waals surface area contributed by atoms with E-state index in [0.29, 0.717) is 24.3 Å². The van der Waals surface area contributed by atoms with Crippen LogP contribution >= 0.6 is 0 Å². The van der Waals surface area contributed by atoms with Gasteiger partial charge < -0.3 is 9.84 Å². The van der Waals surface area contributed by atoms with Crippen LogP contribution in [0.2, 0.25) is 0 Å². The summed E-state index contributed by atoms with van der Waals surface area (Å²) in [6, 6.07) is 16.0. The predicted molar refractivity (Wildman–Crippen MR) is 143 cm³/mol. The minimum atomic E-state index is -3.94. The van der Waals surface area contributed by atoms with Crippen molar-refractivity contribution < 1.29 is 22.7 Å². The number of sulfonamides is 1. The van der Waals surface area contributed by atoms with E-state index in [2.05, 4.69) is 21.7 Å². The largest absolute Gasteiger partial charge is 0.487 e. The topological polar surface area (TPSA) is 83.0 Å². The van der Waals surface area contributed by atoms with Crippen LogP contribution < -0.4 is 4.74 Å². The van der Waals surface area contributed by atoms with E-state index in [1.54, 1.807) is 43.5 Å². The van der Waals surface area contributed by atoms with Gasteiger partial charge in [-0.3, -0.25) is 4.90 Å². The highest BCUT2D eigenvalue weighted by Gasteiger charge is 2.38. The van der Waals surface area contributed by atoms with E-state index in [1.165, 1.54) is 22.5 Å². The van der Waals surface area contributed by atoms with Gasteiger partial charge in [0.15, 0.2) is 0 Å². The van der Waals surface area contributed by atoms with Gasteiger partial charge in [-0.05, 0) is 67.9 Å². The number of aromatic nitrogens is 1. The van der Waals surface area contributed by atoms with Crippen molar-refractivity contribution in [3.8, 4) is 17.6 Å². The van der Waals surface area contributed by atoms with Crippen LogP contribution in [0.5, 0.6) is 5.75 Å². The fourth-order valence-corrected chi connectivity index (χ4v) is 6.19. The number of nitrogens with zero attached hydrogens (tertiary/aromatic N) is 3. The van der Waals surface area contributed by atoms with Crippen molar-refractivity contribution in [3.05, 3.63) is 89.5 Å². The van der Waals surface area contributed by atoms with Crippen LogP contribution in [0.15, 0.2) is 71.8 Å². The molecule has 0 aliphatic carbocycles. The molecule has 0 fully saturated rings. The van der Waals surface area contributed by atoms with Crippen molar-refractivity contribution in [2.24, 2.45) is 5.92 Å². The molecule has 3 aromatic rings. The molecule has 2 aromatic carbocycles. The maximum Gasteiger partial charge on any atom is 0.247 e. The first-order valence-corrected chi connectivity index (χ1v) is 13.9. The standard InChI is InChI=1S/C29H32FN3O4S/c1-21-17-33(22(2)20-34)38(35,36)29-14-10-23(9-13-26-6-4-5-15-31-26)16-27(29)37-28(21)19-32(3)18-24-7-11-25(30)12-8-24/h4-8,10-12,14-16,21-22,28,34H,17-20H2,1-3H3/t21-,22-,28+/m0/s1. The van der Waals surface area contributed by atoms with E-state index < -0.39 is 16.1 Å². The number of ether oxygens (including phenoxy) is 1. The summed E-state index contributed by atoms with van der Waals surface area (Å²) >= 11 is 0. The molecule has 0 saturated carbocycles. The molecule has 2 heterocycles. The highest BCUT2D eigenvalue weighted by Crippen LogP contribution is 2.34. The Bertz CT molecular complexity index is 1410. The molecule has 1 N–H and O–H groups in total. The van der Waals surface area contributed by atoms with E-state index in [0.717, 1.165) is 5.56 Å². The Morgan fingerprint density at radius 1 is 1.18 bits per heavy atom. The molecule has 4 rings (SSSR count). The molecule has 0 amide bonds. The molecule has 9 heteroatoms. The van der Waals surface area contributed by atoms with Crippen LogP contribution in [0.1, 0.15) is 30.7 Å². The van der Waals surface area contributed by atoms with E-state index in [9.17, 15) is 17.9 Å². The molecule has 38 heavy (non-hydrogen) atoms. The fraction of sp³-hybridized carbons (Fsp3) is 0.345. The third kappa shape index (κ3) is 6.58. The van der Waals surface area contributed by atoms with Gasteiger partial charge in [0.25, 0.3) is 0 Å². The van der Waals surface area contributed by atoms with Crippen molar-refractivity contribution in [1.82, 2.24) is 14.2 Å². The smallest absolute Gasteiger partial charge is 0.247 e. The summed E-state index contributed by atoms with van der Waals surface area (Å²) in [4.78, 5) is 6.31. The summed E-state index contributed by atoms with van der Waals surface area (Å²) in [6.07, 6.45) is 1.30. The predicted octanol–water partition coefficient (Wildman–Crippen LogP) is 3.52. The highest BCUT2D eigenvalue weighted by molar-refractivity contribution is 7.89. The van der Waals surface area contributed by atoms with E-state index >= 15 is 0 Å². The Labute approximate surface area is 223 Å². The molecular formula is C29H32FN3O4S. The SMILES string of the molecule is C[C@H]1CN([C@@H](C)CO)S(=O)(=O)c2ccc(C#Cc3ccccn3)cc2O[C@@H]1CN(C)Cc1ccc(F)cc1. The second-order valence-electron chi connectivity index (χ2n) is 9.69. The van der Waals surface area contributed by atoms with Crippen LogP contribution in [0.3, 0.4) is 0 Å². The monoisotopic (exact) mass is 537 g/mol. The van der Waals surface area contributed by atoms with Gasteiger partial charge in [0.2, 0.25) is 10.0 Å². The summed E-state index contributed by atoms with van der Waals surface area (Å²) in [6.45, 7) is 4.60. The van der Waals surface area contributed by atoms with E-state index in [4.69, 9.17) is 4.74 Å². The molecule has 1 aliphatic heterocycles. The number of halogens is 1. The van der Waals surface area contributed by atoms with Gasteiger partial charge in [0.05, 0.1) is 6.61 Å². The van der Waals surface area contributed by atoms with Crippen LogP contribution in [0, 0.1) is 23.6 Å². The molecule has 1 aliphatic rings. The number of aliphatic hydroxyl groups excluding tert-OH is 1. The Kier molecular flexibility index (Phi) is 8.80. The summed E-state index contributed by atoms with van der Waals surface area (Å²) in [5.74, 6) is 5.78. The van der Waals surface area contributed by atoms with Gasteiger partial charge in [-0.2, -0.15) is 4.31 Å². The lowest BCUT2D eigenvalue weighted by Gasteiger charge is -2.37. The zero-order chi connectivity index (χ0) is 27.3. The first-order chi connectivity index (χ1) is 18.2. The first-order valence-electron chi connectivity index (χ1n) is 12.5. The minimum absolute atomic E-state index is 0.0410. The van der Waals surface area contributed by atoms with Gasteiger partial charge >= 0.3 is 0 Å². The normalized spacial score (nSPS) is 19.8. The molecule has 0 spiro atoms. The average Bonchev–Trinajstić information content (AvgIpc) is 2.91. The van der Waals surface area contributed by atoms with Crippen molar-refractivity contribution in [2.75, 3.05) is 26.7 Å². The Morgan fingerprint density at radius 3 is 2.63 bits per heavy atom. The summed E-state index contributed by atoms with van der Waals surface area (Å²) in [7, 11) is -1.99. The van der Waals surface area contributed by atoms with Crippen molar-refractivity contribution in [2.45, 2.75) is 37.4 Å². The number of benzene rings is 2. The highest BCUT2D eigenvalue weighted by atomic mass is 32.2. The number of rotatable bonds is 6. The van der Waals surface area contributed by atoms with Gasteiger partial charge in [-0.15, -0.1) is 0 Å². The Morgan fingerprint density at radius 2 is 1.95 bits per heavy atom. The van der Waals surface area contributed by atoms with Crippen LogP contribution in [0.25, 0.3) is 0 Å².